The fraction of sp³-hybridized carbons (Fsp3) is 0.167. The highest BCUT2D eigenvalue weighted by molar-refractivity contribution is 7.90. The van der Waals surface area contributed by atoms with E-state index >= 15 is 0 Å². The van der Waals surface area contributed by atoms with Crippen LogP contribution < -0.4 is 5.32 Å². The zero-order valence-electron chi connectivity index (χ0n) is 13.8. The molecule has 3 aromatic rings. The van der Waals surface area contributed by atoms with Gasteiger partial charge in [-0.3, -0.25) is 4.79 Å². The largest absolute Gasteiger partial charge is 0.354 e. The number of carbonyl (C=O) groups is 1. The van der Waals surface area contributed by atoms with Crippen LogP contribution in [0.2, 0.25) is 0 Å². The maximum Gasteiger partial charge on any atom is 0.267 e. The third-order valence-electron chi connectivity index (χ3n) is 4.01. The Morgan fingerprint density at radius 1 is 1.12 bits per heavy atom. The van der Waals surface area contributed by atoms with Crippen molar-refractivity contribution in [3.63, 3.8) is 0 Å². The quantitative estimate of drug-likeness (QED) is 0.778. The van der Waals surface area contributed by atoms with Gasteiger partial charge in [-0.1, -0.05) is 12.1 Å². The van der Waals surface area contributed by atoms with Gasteiger partial charge in [0.15, 0.2) is 9.84 Å². The van der Waals surface area contributed by atoms with Crippen molar-refractivity contribution in [2.75, 3.05) is 13.3 Å². The fourth-order valence-corrected chi connectivity index (χ4v) is 3.39. The highest BCUT2D eigenvalue weighted by Crippen LogP contribution is 2.25. The highest BCUT2D eigenvalue weighted by atomic mass is 32.2. The van der Waals surface area contributed by atoms with E-state index in [0.29, 0.717) is 17.6 Å². The predicted molar refractivity (Wildman–Crippen MR) is 93.9 cm³/mol. The number of amides is 1. The Morgan fingerprint density at radius 3 is 2.40 bits per heavy atom. The van der Waals surface area contributed by atoms with Crippen molar-refractivity contribution in [2.24, 2.45) is 0 Å². The number of benzene rings is 2. The van der Waals surface area contributed by atoms with Crippen molar-refractivity contribution in [1.29, 1.82) is 0 Å². The average Bonchev–Trinajstić information content (AvgIpc) is 2.93. The van der Waals surface area contributed by atoms with Crippen LogP contribution in [0.25, 0.3) is 10.9 Å². The van der Waals surface area contributed by atoms with Crippen LogP contribution in [0.1, 0.15) is 16.1 Å². The Balaban J connectivity index is 2.16. The normalized spacial score (nSPS) is 11.6. The maximum absolute atomic E-state index is 13.1. The molecule has 7 heteroatoms. The Bertz CT molecular complexity index is 1050. The summed E-state index contributed by atoms with van der Waals surface area (Å²) < 4.78 is 38.4. The van der Waals surface area contributed by atoms with Gasteiger partial charge < -0.3 is 9.88 Å². The van der Waals surface area contributed by atoms with Gasteiger partial charge in [-0.15, -0.1) is 0 Å². The van der Waals surface area contributed by atoms with Gasteiger partial charge in [0.2, 0.25) is 0 Å². The molecule has 0 spiro atoms. The molecule has 0 unspecified atom stereocenters. The van der Waals surface area contributed by atoms with E-state index in [1.807, 2.05) is 0 Å². The number of aromatic nitrogens is 1. The van der Waals surface area contributed by atoms with Crippen molar-refractivity contribution in [3.8, 4) is 0 Å². The smallest absolute Gasteiger partial charge is 0.267 e. The molecular formula is C18H17FN2O3S. The van der Waals surface area contributed by atoms with Crippen LogP contribution in [0.5, 0.6) is 0 Å². The highest BCUT2D eigenvalue weighted by Gasteiger charge is 2.17. The minimum absolute atomic E-state index is 0.197. The molecular weight excluding hydrogens is 343 g/mol. The molecule has 5 nitrogen and oxygen atoms in total. The number of fused-ring (bicyclic) bond motifs is 1. The molecule has 0 saturated heterocycles. The molecule has 0 atom stereocenters. The minimum atomic E-state index is -3.34. The van der Waals surface area contributed by atoms with Crippen molar-refractivity contribution in [3.05, 3.63) is 65.6 Å². The zero-order valence-corrected chi connectivity index (χ0v) is 14.6. The standard InChI is InChI=1S/C18H17FN2O3S/c1-20-18(22)17-10-13-9-15(25(2,23)24)7-8-16(13)21(17)11-12-3-5-14(19)6-4-12/h3-10H,11H2,1-2H3,(H,20,22). The van der Waals surface area contributed by atoms with Crippen molar-refractivity contribution >= 4 is 26.6 Å². The van der Waals surface area contributed by atoms with Gasteiger partial charge >= 0.3 is 0 Å². The molecule has 3 rings (SSSR count). The predicted octanol–water partition coefficient (Wildman–Crippen LogP) is 2.59. The van der Waals surface area contributed by atoms with Gasteiger partial charge in [-0.2, -0.15) is 0 Å². The van der Waals surface area contributed by atoms with Gasteiger partial charge in [-0.25, -0.2) is 12.8 Å². The molecule has 0 saturated carbocycles. The summed E-state index contributed by atoms with van der Waals surface area (Å²) in [5.74, 6) is -0.607. The van der Waals surface area contributed by atoms with Gasteiger partial charge in [0, 0.05) is 30.8 Å². The number of carbonyl (C=O) groups excluding carboxylic acids is 1. The van der Waals surface area contributed by atoms with Crippen LogP contribution in [0.3, 0.4) is 0 Å². The maximum atomic E-state index is 13.1. The lowest BCUT2D eigenvalue weighted by Gasteiger charge is -2.10. The summed E-state index contributed by atoms with van der Waals surface area (Å²) in [4.78, 5) is 12.4. The van der Waals surface area contributed by atoms with E-state index in [9.17, 15) is 17.6 Å². The molecule has 0 bridgehead atoms. The van der Waals surface area contributed by atoms with E-state index in [2.05, 4.69) is 5.32 Å². The number of nitrogens with one attached hydrogen (secondary N) is 1. The van der Waals surface area contributed by atoms with Crippen molar-refractivity contribution in [2.45, 2.75) is 11.4 Å². The minimum Gasteiger partial charge on any atom is -0.354 e. The summed E-state index contributed by atoms with van der Waals surface area (Å²) in [6.07, 6.45) is 1.14. The molecule has 0 aliphatic carbocycles. The first kappa shape index (κ1) is 17.2. The average molecular weight is 360 g/mol. The van der Waals surface area contributed by atoms with Crippen LogP contribution in [0.15, 0.2) is 53.4 Å². The number of rotatable bonds is 4. The fourth-order valence-electron chi connectivity index (χ4n) is 2.74. The van der Waals surface area contributed by atoms with Crippen LogP contribution in [-0.4, -0.2) is 32.2 Å². The van der Waals surface area contributed by atoms with Crippen LogP contribution in [0, 0.1) is 5.82 Å². The molecule has 1 amide bonds. The topological polar surface area (TPSA) is 68.2 Å². The van der Waals surface area contributed by atoms with E-state index in [4.69, 9.17) is 0 Å². The second kappa shape index (κ2) is 6.33. The number of hydrogen-bond acceptors (Lipinski definition) is 3. The summed E-state index contributed by atoms with van der Waals surface area (Å²) in [5.41, 5.74) is 1.97. The molecule has 0 aliphatic rings. The SMILES string of the molecule is CNC(=O)c1cc2cc(S(C)(=O)=O)ccc2n1Cc1ccc(F)cc1. The molecule has 0 radical (unpaired) electrons. The zero-order chi connectivity index (χ0) is 18.2. The van der Waals surface area contributed by atoms with E-state index in [1.54, 1.807) is 34.9 Å². The van der Waals surface area contributed by atoms with Gasteiger partial charge in [0.25, 0.3) is 5.91 Å². The second-order valence-electron chi connectivity index (χ2n) is 5.81. The third kappa shape index (κ3) is 3.41. The molecule has 25 heavy (non-hydrogen) atoms. The van der Waals surface area contributed by atoms with Gasteiger partial charge in [-0.05, 0) is 42.0 Å². The Labute approximate surface area is 145 Å². The van der Waals surface area contributed by atoms with Crippen LogP contribution >= 0.6 is 0 Å². The third-order valence-corrected chi connectivity index (χ3v) is 5.12. The van der Waals surface area contributed by atoms with Gasteiger partial charge in [0.05, 0.1) is 4.90 Å². The van der Waals surface area contributed by atoms with Gasteiger partial charge in [0.1, 0.15) is 11.5 Å². The number of sulfone groups is 1. The Kier molecular flexibility index (Phi) is 4.34. The molecule has 130 valence electrons. The molecule has 1 N–H and O–H groups in total. The summed E-state index contributed by atoms with van der Waals surface area (Å²) in [7, 11) is -1.81. The van der Waals surface area contributed by atoms with Crippen LogP contribution in [0.4, 0.5) is 4.39 Å². The first-order chi connectivity index (χ1) is 11.8. The molecule has 2 aromatic carbocycles. The lowest BCUT2D eigenvalue weighted by Crippen LogP contribution is -2.21. The Hall–Kier alpha value is -2.67. The summed E-state index contributed by atoms with van der Waals surface area (Å²) in [6.45, 7) is 0.366. The summed E-state index contributed by atoms with van der Waals surface area (Å²) >= 11 is 0. The monoisotopic (exact) mass is 360 g/mol. The summed E-state index contributed by atoms with van der Waals surface area (Å²) in [5, 5.41) is 3.24. The Morgan fingerprint density at radius 2 is 1.80 bits per heavy atom. The lowest BCUT2D eigenvalue weighted by molar-refractivity contribution is 0.0955. The van der Waals surface area contributed by atoms with Crippen LogP contribution in [-0.2, 0) is 16.4 Å². The number of nitrogens with zero attached hydrogens (tertiary/aromatic N) is 1. The molecule has 0 aliphatic heterocycles. The van der Waals surface area contributed by atoms with E-state index in [-0.39, 0.29) is 16.6 Å². The van der Waals surface area contributed by atoms with E-state index < -0.39 is 9.84 Å². The second-order valence-corrected chi connectivity index (χ2v) is 7.83. The number of halogens is 1. The van der Waals surface area contributed by atoms with Crippen molar-refractivity contribution < 1.29 is 17.6 Å². The first-order valence-electron chi connectivity index (χ1n) is 7.59. The first-order valence-corrected chi connectivity index (χ1v) is 9.48. The molecule has 1 heterocycles. The van der Waals surface area contributed by atoms with Crippen molar-refractivity contribution in [1.82, 2.24) is 9.88 Å². The van der Waals surface area contributed by atoms with E-state index in [0.717, 1.165) is 17.3 Å². The molecule has 0 fully saturated rings. The lowest BCUT2D eigenvalue weighted by atomic mass is 10.2. The molecule has 1 aromatic heterocycles. The summed E-state index contributed by atoms with van der Waals surface area (Å²) in [6, 6.07) is 12.4. The number of hydrogen-bond donors (Lipinski definition) is 1. The van der Waals surface area contributed by atoms with E-state index in [1.165, 1.54) is 25.2 Å².